The van der Waals surface area contributed by atoms with Crippen molar-refractivity contribution in [1.82, 2.24) is 40.9 Å². The minimum atomic E-state index is -2.61. The van der Waals surface area contributed by atoms with Crippen LogP contribution in [0.5, 0.6) is 0 Å². The molecule has 0 unspecified atom stereocenters. The van der Waals surface area contributed by atoms with Crippen molar-refractivity contribution < 1.29 is 4.43 Å². The number of fused-ring (bicyclic) bond motifs is 4. The third-order valence-electron chi connectivity index (χ3n) is 15.6. The van der Waals surface area contributed by atoms with Gasteiger partial charge in [-0.3, -0.25) is 0 Å². The summed E-state index contributed by atoms with van der Waals surface area (Å²) in [4.78, 5) is 30.9. The molecule has 8 aliphatic rings. The fourth-order valence-corrected chi connectivity index (χ4v) is 19.7. The van der Waals surface area contributed by atoms with E-state index in [1.165, 1.54) is 36.1 Å². The van der Waals surface area contributed by atoms with Gasteiger partial charge in [0.15, 0.2) is 23.8 Å². The number of thioether (sulfide) groups is 3. The monoisotopic (exact) mass is 1010 g/mol. The zero-order chi connectivity index (χ0) is 47.2. The third-order valence-corrected chi connectivity index (χ3v) is 24.4. The first-order valence-corrected chi connectivity index (χ1v) is 31.9. The molecule has 13 nitrogen and oxygen atoms in total. The van der Waals surface area contributed by atoms with Gasteiger partial charge in [0, 0.05) is 111 Å². The highest BCUT2D eigenvalue weighted by atomic mass is 32.2. The van der Waals surface area contributed by atoms with Gasteiger partial charge in [-0.25, -0.2) is 20.0 Å². The summed E-state index contributed by atoms with van der Waals surface area (Å²) in [5.74, 6) is 11.1. The van der Waals surface area contributed by atoms with Crippen molar-refractivity contribution in [2.75, 3.05) is 93.5 Å². The van der Waals surface area contributed by atoms with Crippen LogP contribution in [0.4, 0.5) is 0 Å². The van der Waals surface area contributed by atoms with Gasteiger partial charge in [0.2, 0.25) is 0 Å². The molecule has 2 aromatic carbocycles. The maximum absolute atomic E-state index is 7.33. The highest BCUT2D eigenvalue weighted by molar-refractivity contribution is 7.99. The molecule has 0 radical (unpaired) electrons. The molecule has 4 saturated heterocycles. The van der Waals surface area contributed by atoms with Crippen molar-refractivity contribution in [2.45, 2.75) is 132 Å². The number of benzene rings is 2. The second-order valence-corrected chi connectivity index (χ2v) is 29.4. The molecule has 0 aromatic heterocycles. The van der Waals surface area contributed by atoms with Crippen molar-refractivity contribution in [3.05, 3.63) is 60.7 Å². The molecule has 0 aliphatic carbocycles. The first-order chi connectivity index (χ1) is 33.6. The molecule has 376 valence electrons. The molecule has 4 fully saturated rings. The summed E-state index contributed by atoms with van der Waals surface area (Å²) in [5.41, 5.74) is 0. The van der Waals surface area contributed by atoms with E-state index in [0.29, 0.717) is 48.9 Å². The number of nitrogens with one attached hydrogen (secondary N) is 4. The Morgan fingerprint density at radius 3 is 1.23 bits per heavy atom. The summed E-state index contributed by atoms with van der Waals surface area (Å²) < 4.78 is 7.33. The molecule has 17 heteroatoms. The van der Waals surface area contributed by atoms with Gasteiger partial charge in [0.25, 0.3) is 8.32 Å². The molecule has 0 bridgehead atoms. The molecule has 0 amide bonds. The van der Waals surface area contributed by atoms with Crippen molar-refractivity contribution in [2.24, 2.45) is 20.0 Å². The molecule has 8 heterocycles. The Bertz CT molecular complexity index is 2090. The second kappa shape index (κ2) is 22.7. The zero-order valence-electron chi connectivity index (χ0n) is 41.9. The lowest BCUT2D eigenvalue weighted by atomic mass is 10.1. The van der Waals surface area contributed by atoms with Crippen LogP contribution in [0.3, 0.4) is 0 Å². The molecular weight excluding hydrogens is 933 g/mol. The molecule has 0 saturated carbocycles. The van der Waals surface area contributed by atoms with E-state index in [1.54, 1.807) is 0 Å². The van der Waals surface area contributed by atoms with Crippen molar-refractivity contribution >= 4 is 77.8 Å². The minimum Gasteiger partial charge on any atom is -0.405 e. The summed E-state index contributed by atoms with van der Waals surface area (Å²) in [6.45, 7) is 18.8. The Labute approximate surface area is 427 Å². The van der Waals surface area contributed by atoms with Gasteiger partial charge in [-0.1, -0.05) is 81.4 Å². The smallest absolute Gasteiger partial charge is 0.261 e. The maximum Gasteiger partial charge on any atom is 0.261 e. The van der Waals surface area contributed by atoms with Crippen LogP contribution in [0.2, 0.25) is 5.04 Å². The maximum atomic E-state index is 7.33. The Morgan fingerprint density at radius 2 is 0.826 bits per heavy atom. The third kappa shape index (κ3) is 12.0. The predicted octanol–water partition coefficient (Wildman–Crippen LogP) is 4.95. The summed E-state index contributed by atoms with van der Waals surface area (Å²) in [5, 5.41) is 17.8. The molecule has 0 spiro atoms. The van der Waals surface area contributed by atoms with E-state index in [1.807, 2.05) is 0 Å². The van der Waals surface area contributed by atoms with Crippen LogP contribution in [-0.4, -0.2) is 194 Å². The lowest BCUT2D eigenvalue weighted by Gasteiger charge is -2.44. The molecule has 4 N–H and O–H groups in total. The standard InChI is InChI=1S/C52H80N12OS3Si/c1-38-15-23-61-25-17-40(55-48(61)53-38)32-66-34-42-19-27-63-29-21-44(59-50(63)57-42)36-68-37-45-22-30-64-28-20-43(58-51(64)60-45)35-67-33-41-18-26-62-24-16-39(54-49(62)56-41)31-65-69(52(2,3)4,46-11-7-5-8-12-46)47-13-9-6-10-14-47/h5-14,38-45H,15-37H2,1-4H3,(H,53,55)(H,54,56)(H,57,59)(H,58,60)/t38-,39-,40-,41-,42-,43-,44-,45-/m1/s1. The van der Waals surface area contributed by atoms with Gasteiger partial charge in [0.05, 0.1) is 30.8 Å². The van der Waals surface area contributed by atoms with Crippen molar-refractivity contribution in [3.63, 3.8) is 0 Å². The van der Waals surface area contributed by atoms with E-state index >= 15 is 0 Å². The van der Waals surface area contributed by atoms with Crippen LogP contribution in [0.1, 0.15) is 79.1 Å². The van der Waals surface area contributed by atoms with E-state index < -0.39 is 8.32 Å². The zero-order valence-corrected chi connectivity index (χ0v) is 45.3. The molecule has 2 aromatic rings. The van der Waals surface area contributed by atoms with E-state index in [-0.39, 0.29) is 11.1 Å². The molecule has 8 atom stereocenters. The van der Waals surface area contributed by atoms with E-state index in [2.05, 4.69) is 165 Å². The first kappa shape index (κ1) is 49.3. The predicted molar refractivity (Wildman–Crippen MR) is 297 cm³/mol. The Morgan fingerprint density at radius 1 is 0.478 bits per heavy atom. The summed E-state index contributed by atoms with van der Waals surface area (Å²) >= 11 is 6.22. The SMILES string of the molecule is C[C@@H]1CCN2CC[C@H](CSC[C@H]3CCN4CC[C@H](CSC[C@H]5CCN6CC[C@H](CSC[C@H]7CCN8CC[C@H](CO[Si](c9ccccc9)(c9ccccc9)C(C)(C)C)N=C8N7)N=C6N5)N=C4N3)N=C2N1. The Kier molecular flexibility index (Phi) is 16.2. The first-order valence-electron chi connectivity index (χ1n) is 26.5. The van der Waals surface area contributed by atoms with Crippen LogP contribution >= 0.6 is 35.3 Å². The van der Waals surface area contributed by atoms with Crippen LogP contribution in [0, 0.1) is 0 Å². The van der Waals surface area contributed by atoms with Crippen molar-refractivity contribution in [3.8, 4) is 0 Å². The largest absolute Gasteiger partial charge is 0.405 e. The molecule has 8 aliphatic heterocycles. The van der Waals surface area contributed by atoms with Gasteiger partial charge < -0.3 is 45.3 Å². The van der Waals surface area contributed by atoms with E-state index in [4.69, 9.17) is 24.4 Å². The molecule has 10 rings (SSSR count). The summed E-state index contributed by atoms with van der Waals surface area (Å²) in [6, 6.07) is 25.2. The van der Waals surface area contributed by atoms with Crippen molar-refractivity contribution in [1.29, 1.82) is 0 Å². The second-order valence-electron chi connectivity index (χ2n) is 21.8. The van der Waals surface area contributed by atoms with Crippen LogP contribution in [0.25, 0.3) is 0 Å². The average Bonchev–Trinajstić information content (AvgIpc) is 3.36. The van der Waals surface area contributed by atoms with E-state index in [9.17, 15) is 0 Å². The number of hydrogen-bond donors (Lipinski definition) is 4. The number of aliphatic imine (C=N–C) groups is 4. The Balaban J connectivity index is 0.651. The van der Waals surface area contributed by atoms with Crippen LogP contribution < -0.4 is 31.6 Å². The lowest BCUT2D eigenvalue weighted by Crippen LogP contribution is -2.67. The fourth-order valence-electron chi connectivity index (χ4n) is 11.5. The van der Waals surface area contributed by atoms with Gasteiger partial charge in [-0.15, -0.1) is 0 Å². The van der Waals surface area contributed by atoms with Gasteiger partial charge in [0.1, 0.15) is 0 Å². The van der Waals surface area contributed by atoms with Gasteiger partial charge in [-0.05, 0) is 73.7 Å². The summed E-state index contributed by atoms with van der Waals surface area (Å²) in [7, 11) is -2.61. The summed E-state index contributed by atoms with van der Waals surface area (Å²) in [6.07, 6.45) is 9.24. The van der Waals surface area contributed by atoms with Crippen LogP contribution in [0.15, 0.2) is 80.6 Å². The Hall–Kier alpha value is -3.25. The van der Waals surface area contributed by atoms with Gasteiger partial charge in [-0.2, -0.15) is 35.3 Å². The highest BCUT2D eigenvalue weighted by Gasteiger charge is 2.50. The highest BCUT2D eigenvalue weighted by Crippen LogP contribution is 2.37. The lowest BCUT2D eigenvalue weighted by molar-refractivity contribution is 0.233. The normalized spacial score (nSPS) is 29.3. The van der Waals surface area contributed by atoms with E-state index in [0.717, 1.165) is 136 Å². The topological polar surface area (TPSA) is 120 Å². The number of nitrogens with zero attached hydrogens (tertiary/aromatic N) is 8. The van der Waals surface area contributed by atoms with Crippen LogP contribution in [-0.2, 0) is 4.43 Å². The number of rotatable bonds is 17. The van der Waals surface area contributed by atoms with Gasteiger partial charge >= 0.3 is 0 Å². The molecule has 69 heavy (non-hydrogen) atoms. The average molecular weight is 1010 g/mol. The molecular formula is C52H80N12OS3Si. The fraction of sp³-hybridized carbons (Fsp3) is 0.692. The minimum absolute atomic E-state index is 0.0444. The number of hydrogen-bond acceptors (Lipinski definition) is 16. The quantitative estimate of drug-likeness (QED) is 0.161. The number of guanidine groups is 4.